The number of morpholine rings is 1. The van der Waals surface area contributed by atoms with Gasteiger partial charge in [-0.25, -0.2) is 0 Å². The number of rotatable bonds is 6. The average Bonchev–Trinajstić information content (AvgIpc) is 2.44. The van der Waals surface area contributed by atoms with Gasteiger partial charge in [0.05, 0.1) is 0 Å². The molecule has 1 aromatic carbocycles. The molecule has 5 nitrogen and oxygen atoms in total. The van der Waals surface area contributed by atoms with E-state index < -0.39 is 6.10 Å². The van der Waals surface area contributed by atoms with E-state index in [-0.39, 0.29) is 24.6 Å². The highest BCUT2D eigenvalue weighted by atomic mass is 16.5. The van der Waals surface area contributed by atoms with Crippen molar-refractivity contribution in [1.29, 1.82) is 0 Å². The van der Waals surface area contributed by atoms with Crippen LogP contribution in [-0.4, -0.2) is 55.4 Å². The SMILES string of the molecule is CC(=O)c1ccc(OC[C@@H](O)C[NH+]2C[C@@H](C)O[C@H](C)C2)cc1. The molecule has 1 saturated heterocycles. The first-order valence-corrected chi connectivity index (χ1v) is 7.85. The van der Waals surface area contributed by atoms with Crippen LogP contribution in [0.25, 0.3) is 0 Å². The number of Topliss-reactive ketones (excluding diaryl/α,β-unsaturated/α-hetero) is 1. The van der Waals surface area contributed by atoms with E-state index in [1.165, 1.54) is 11.8 Å². The van der Waals surface area contributed by atoms with Crippen molar-refractivity contribution in [2.45, 2.75) is 39.1 Å². The highest BCUT2D eigenvalue weighted by Crippen LogP contribution is 2.12. The molecule has 0 radical (unpaired) electrons. The van der Waals surface area contributed by atoms with Crippen molar-refractivity contribution in [3.05, 3.63) is 29.8 Å². The summed E-state index contributed by atoms with van der Waals surface area (Å²) in [6.45, 7) is 8.40. The number of hydrogen-bond acceptors (Lipinski definition) is 4. The Kier molecular flexibility index (Phi) is 5.94. The first-order chi connectivity index (χ1) is 10.4. The van der Waals surface area contributed by atoms with Crippen molar-refractivity contribution >= 4 is 5.78 Å². The van der Waals surface area contributed by atoms with E-state index in [0.29, 0.717) is 17.9 Å². The summed E-state index contributed by atoms with van der Waals surface area (Å²) in [5.41, 5.74) is 0.661. The van der Waals surface area contributed by atoms with Gasteiger partial charge in [0.2, 0.25) is 0 Å². The third-order valence-electron chi connectivity index (χ3n) is 3.84. The molecule has 2 N–H and O–H groups in total. The monoisotopic (exact) mass is 308 g/mol. The van der Waals surface area contributed by atoms with E-state index >= 15 is 0 Å². The lowest BCUT2D eigenvalue weighted by Crippen LogP contribution is -3.16. The van der Waals surface area contributed by atoms with Gasteiger partial charge in [-0.1, -0.05) is 0 Å². The second-order valence-electron chi connectivity index (χ2n) is 6.17. The summed E-state index contributed by atoms with van der Waals surface area (Å²) in [5.74, 6) is 0.702. The number of quaternary nitrogens is 1. The van der Waals surface area contributed by atoms with Crippen molar-refractivity contribution < 1.29 is 24.3 Å². The molecule has 0 aliphatic carbocycles. The number of ether oxygens (including phenoxy) is 2. The average molecular weight is 308 g/mol. The standard InChI is InChI=1S/C17H25NO4/c1-12-8-18(9-13(2)22-12)10-16(20)11-21-17-6-4-15(5-7-17)14(3)19/h4-7,12-13,16,20H,8-11H2,1-3H3/p+1/t12-,13-,16+/m1/s1. The van der Waals surface area contributed by atoms with Crippen LogP contribution in [-0.2, 0) is 4.74 Å². The number of benzene rings is 1. The van der Waals surface area contributed by atoms with Crippen LogP contribution in [0.4, 0.5) is 0 Å². The van der Waals surface area contributed by atoms with Crippen LogP contribution in [0.1, 0.15) is 31.1 Å². The number of ketones is 1. The molecule has 0 unspecified atom stereocenters. The Morgan fingerprint density at radius 3 is 2.45 bits per heavy atom. The van der Waals surface area contributed by atoms with E-state index in [1.807, 2.05) is 0 Å². The predicted molar refractivity (Wildman–Crippen MR) is 83.5 cm³/mol. The fourth-order valence-electron chi connectivity index (χ4n) is 2.93. The molecule has 2 rings (SSSR count). The number of carbonyl (C=O) groups is 1. The van der Waals surface area contributed by atoms with Crippen LogP contribution >= 0.6 is 0 Å². The van der Waals surface area contributed by atoms with Gasteiger partial charge in [-0.2, -0.15) is 0 Å². The van der Waals surface area contributed by atoms with Crippen LogP contribution in [0.2, 0.25) is 0 Å². The summed E-state index contributed by atoms with van der Waals surface area (Å²) in [7, 11) is 0. The van der Waals surface area contributed by atoms with E-state index in [4.69, 9.17) is 9.47 Å². The molecule has 1 aromatic rings. The van der Waals surface area contributed by atoms with Gasteiger partial charge in [-0.3, -0.25) is 4.79 Å². The lowest BCUT2D eigenvalue weighted by atomic mass is 10.1. The van der Waals surface area contributed by atoms with E-state index in [1.54, 1.807) is 24.3 Å². The maximum atomic E-state index is 11.2. The fourth-order valence-corrected chi connectivity index (χ4v) is 2.93. The third-order valence-corrected chi connectivity index (χ3v) is 3.84. The van der Waals surface area contributed by atoms with Gasteiger partial charge in [0.25, 0.3) is 0 Å². The maximum Gasteiger partial charge on any atom is 0.159 e. The van der Waals surface area contributed by atoms with Crippen molar-refractivity contribution in [3.8, 4) is 5.75 Å². The minimum atomic E-state index is -0.514. The van der Waals surface area contributed by atoms with E-state index in [2.05, 4.69) is 13.8 Å². The van der Waals surface area contributed by atoms with Gasteiger partial charge in [0, 0.05) is 5.56 Å². The smallest absolute Gasteiger partial charge is 0.159 e. The molecule has 0 spiro atoms. The zero-order valence-corrected chi connectivity index (χ0v) is 13.5. The highest BCUT2D eigenvalue weighted by Gasteiger charge is 2.27. The normalized spacial score (nSPS) is 26.5. The van der Waals surface area contributed by atoms with Gasteiger partial charge in [0.15, 0.2) is 5.78 Å². The maximum absolute atomic E-state index is 11.2. The second kappa shape index (κ2) is 7.72. The molecule has 122 valence electrons. The summed E-state index contributed by atoms with van der Waals surface area (Å²) in [6.07, 6.45) is -0.0584. The molecular formula is C17H26NO4+. The molecule has 0 aromatic heterocycles. The van der Waals surface area contributed by atoms with E-state index in [0.717, 1.165) is 13.1 Å². The number of aliphatic hydroxyl groups is 1. The minimum Gasteiger partial charge on any atom is -0.491 e. The van der Waals surface area contributed by atoms with Gasteiger partial charge < -0.3 is 19.5 Å². The quantitative estimate of drug-likeness (QED) is 0.743. The Hall–Kier alpha value is -1.43. The van der Waals surface area contributed by atoms with Crippen molar-refractivity contribution in [3.63, 3.8) is 0 Å². The number of hydrogen-bond donors (Lipinski definition) is 2. The molecule has 0 amide bonds. The number of aliphatic hydroxyl groups excluding tert-OH is 1. The fraction of sp³-hybridized carbons (Fsp3) is 0.588. The predicted octanol–water partition coefficient (Wildman–Crippen LogP) is 0.321. The Morgan fingerprint density at radius 2 is 1.91 bits per heavy atom. The van der Waals surface area contributed by atoms with Crippen LogP contribution in [0.15, 0.2) is 24.3 Å². The molecule has 22 heavy (non-hydrogen) atoms. The molecule has 5 heteroatoms. The first-order valence-electron chi connectivity index (χ1n) is 7.85. The Morgan fingerprint density at radius 1 is 1.32 bits per heavy atom. The Balaban J connectivity index is 1.77. The van der Waals surface area contributed by atoms with Crippen LogP contribution in [0.5, 0.6) is 5.75 Å². The van der Waals surface area contributed by atoms with Gasteiger partial charge >= 0.3 is 0 Å². The lowest BCUT2D eigenvalue weighted by molar-refractivity contribution is -0.918. The molecule has 1 aliphatic rings. The van der Waals surface area contributed by atoms with Gasteiger partial charge in [-0.15, -0.1) is 0 Å². The highest BCUT2D eigenvalue weighted by molar-refractivity contribution is 5.94. The van der Waals surface area contributed by atoms with E-state index in [9.17, 15) is 9.90 Å². The van der Waals surface area contributed by atoms with Gasteiger partial charge in [0.1, 0.15) is 50.3 Å². The molecule has 3 atom stereocenters. The third kappa shape index (κ3) is 5.09. The molecule has 1 fully saturated rings. The topological polar surface area (TPSA) is 60.2 Å². The molecule has 1 aliphatic heterocycles. The molecule has 0 bridgehead atoms. The zero-order chi connectivity index (χ0) is 16.1. The van der Waals surface area contributed by atoms with Gasteiger partial charge in [-0.05, 0) is 45.0 Å². The Labute approximate surface area is 131 Å². The molecular weight excluding hydrogens is 282 g/mol. The number of carbonyl (C=O) groups excluding carboxylic acids is 1. The lowest BCUT2D eigenvalue weighted by Gasteiger charge is -2.33. The second-order valence-corrected chi connectivity index (χ2v) is 6.17. The van der Waals surface area contributed by atoms with Crippen molar-refractivity contribution in [2.24, 2.45) is 0 Å². The van der Waals surface area contributed by atoms with Crippen LogP contribution < -0.4 is 9.64 Å². The summed E-state index contributed by atoms with van der Waals surface area (Å²) in [6, 6.07) is 6.99. The summed E-state index contributed by atoms with van der Waals surface area (Å²) in [4.78, 5) is 12.5. The molecule has 0 saturated carbocycles. The zero-order valence-electron chi connectivity index (χ0n) is 13.5. The summed E-state index contributed by atoms with van der Waals surface area (Å²) < 4.78 is 11.3. The van der Waals surface area contributed by atoms with Crippen molar-refractivity contribution in [1.82, 2.24) is 0 Å². The summed E-state index contributed by atoms with van der Waals surface area (Å²) >= 11 is 0. The Bertz CT molecular complexity index is 478. The summed E-state index contributed by atoms with van der Waals surface area (Å²) in [5, 5.41) is 10.1. The van der Waals surface area contributed by atoms with Crippen LogP contribution in [0, 0.1) is 0 Å². The number of nitrogens with one attached hydrogen (secondary N) is 1. The largest absolute Gasteiger partial charge is 0.491 e. The van der Waals surface area contributed by atoms with Crippen molar-refractivity contribution in [2.75, 3.05) is 26.2 Å². The first kappa shape index (κ1) is 16.9. The molecule has 1 heterocycles. The van der Waals surface area contributed by atoms with Crippen LogP contribution in [0.3, 0.4) is 0 Å². The minimum absolute atomic E-state index is 0.0331.